The van der Waals surface area contributed by atoms with Gasteiger partial charge in [0.05, 0.1) is 12.1 Å². The highest BCUT2D eigenvalue weighted by Crippen LogP contribution is 2.32. The van der Waals surface area contributed by atoms with Gasteiger partial charge in [-0.1, -0.05) is 6.07 Å². The molecule has 0 aromatic heterocycles. The fraction of sp³-hybridized carbons (Fsp3) is 0.235. The number of carbonyl (C=O) groups excluding carboxylic acids is 1. The molecule has 0 saturated carbocycles. The third-order valence-electron chi connectivity index (χ3n) is 3.85. The zero-order chi connectivity index (χ0) is 18.2. The van der Waals surface area contributed by atoms with Crippen molar-refractivity contribution in [1.82, 2.24) is 5.32 Å². The van der Waals surface area contributed by atoms with E-state index in [2.05, 4.69) is 10.6 Å². The van der Waals surface area contributed by atoms with Crippen LogP contribution in [0.4, 0.5) is 33.7 Å². The maximum absolute atomic E-state index is 13.0. The van der Waals surface area contributed by atoms with E-state index in [0.29, 0.717) is 5.69 Å². The van der Waals surface area contributed by atoms with Crippen molar-refractivity contribution < 1.29 is 22.4 Å². The van der Waals surface area contributed by atoms with E-state index in [1.165, 1.54) is 41.3 Å². The summed E-state index contributed by atoms with van der Waals surface area (Å²) in [6.07, 6.45) is -4.45. The Labute approximate surface area is 141 Å². The number of carbonyl (C=O) groups is 1. The van der Waals surface area contributed by atoms with Crippen molar-refractivity contribution in [2.75, 3.05) is 16.8 Å². The molecule has 4 nitrogen and oxygen atoms in total. The second-order valence-electron chi connectivity index (χ2n) is 6.03. The molecule has 1 atom stereocenters. The van der Waals surface area contributed by atoms with Gasteiger partial charge in [0.15, 0.2) is 0 Å². The second-order valence-corrected chi connectivity index (χ2v) is 6.03. The monoisotopic (exact) mass is 353 g/mol. The number of rotatable bonds is 3. The molecule has 1 aliphatic rings. The van der Waals surface area contributed by atoms with Crippen LogP contribution in [0.25, 0.3) is 0 Å². The summed E-state index contributed by atoms with van der Waals surface area (Å²) in [5.74, 6) is -0.423. The molecule has 2 N–H and O–H groups in total. The molecule has 1 heterocycles. The summed E-state index contributed by atoms with van der Waals surface area (Å²) in [5.41, 5.74) is -1.02. The Morgan fingerprint density at radius 3 is 2.48 bits per heavy atom. The normalized spacial score (nSPS) is 20.5. The van der Waals surface area contributed by atoms with Crippen molar-refractivity contribution in [3.8, 4) is 0 Å². The number of nitrogens with one attached hydrogen (secondary N) is 2. The number of nitrogens with zero attached hydrogens (tertiary/aromatic N) is 1. The van der Waals surface area contributed by atoms with Crippen LogP contribution in [0, 0.1) is 5.82 Å². The molecule has 1 fully saturated rings. The zero-order valence-electron chi connectivity index (χ0n) is 13.2. The van der Waals surface area contributed by atoms with Crippen LogP contribution in [-0.2, 0) is 6.18 Å². The van der Waals surface area contributed by atoms with Crippen LogP contribution in [0.3, 0.4) is 0 Å². The van der Waals surface area contributed by atoms with Gasteiger partial charge >= 0.3 is 12.2 Å². The Morgan fingerprint density at radius 1 is 1.16 bits per heavy atom. The van der Waals surface area contributed by atoms with Gasteiger partial charge in [0.2, 0.25) is 0 Å². The predicted octanol–water partition coefficient (Wildman–Crippen LogP) is 4.20. The first-order valence-electron chi connectivity index (χ1n) is 7.47. The van der Waals surface area contributed by atoms with Crippen LogP contribution in [-0.4, -0.2) is 18.2 Å². The van der Waals surface area contributed by atoms with E-state index in [9.17, 15) is 22.4 Å². The number of halogens is 4. The molecule has 0 bridgehead atoms. The zero-order valence-corrected chi connectivity index (χ0v) is 13.2. The summed E-state index contributed by atoms with van der Waals surface area (Å²) >= 11 is 0. The summed E-state index contributed by atoms with van der Waals surface area (Å²) in [6, 6.07) is 9.72. The maximum atomic E-state index is 13.0. The first kappa shape index (κ1) is 17.1. The van der Waals surface area contributed by atoms with E-state index in [-0.39, 0.29) is 12.2 Å². The number of urea groups is 1. The first-order chi connectivity index (χ1) is 11.7. The van der Waals surface area contributed by atoms with Crippen molar-refractivity contribution in [1.29, 1.82) is 0 Å². The summed E-state index contributed by atoms with van der Waals surface area (Å²) in [4.78, 5) is 13.6. The fourth-order valence-corrected chi connectivity index (χ4v) is 2.72. The number of anilines is 2. The summed E-state index contributed by atoms with van der Waals surface area (Å²) in [7, 11) is 0. The van der Waals surface area contributed by atoms with Gasteiger partial charge in [0.1, 0.15) is 11.5 Å². The van der Waals surface area contributed by atoms with Crippen LogP contribution in [0.2, 0.25) is 0 Å². The number of hydrogen-bond acceptors (Lipinski definition) is 2. The van der Waals surface area contributed by atoms with E-state index >= 15 is 0 Å². The Morgan fingerprint density at radius 2 is 1.84 bits per heavy atom. The molecular weight excluding hydrogens is 338 g/mol. The first-order valence-corrected chi connectivity index (χ1v) is 7.47. The van der Waals surface area contributed by atoms with Crippen LogP contribution in [0.1, 0.15) is 12.5 Å². The number of amides is 2. The Bertz CT molecular complexity index is 791. The van der Waals surface area contributed by atoms with Gasteiger partial charge in [-0.3, -0.25) is 4.90 Å². The van der Waals surface area contributed by atoms with Crippen molar-refractivity contribution in [2.24, 2.45) is 0 Å². The Balaban J connectivity index is 1.79. The summed E-state index contributed by atoms with van der Waals surface area (Å²) in [6.45, 7) is 1.82. The van der Waals surface area contributed by atoms with Crippen molar-refractivity contribution >= 4 is 17.4 Å². The highest BCUT2D eigenvalue weighted by atomic mass is 19.4. The van der Waals surface area contributed by atoms with Gasteiger partial charge in [-0.15, -0.1) is 0 Å². The van der Waals surface area contributed by atoms with Crippen LogP contribution in [0.5, 0.6) is 0 Å². The summed E-state index contributed by atoms with van der Waals surface area (Å²) in [5, 5.41) is 5.62. The minimum Gasteiger partial charge on any atom is -0.361 e. The quantitative estimate of drug-likeness (QED) is 0.812. The van der Waals surface area contributed by atoms with Gasteiger partial charge < -0.3 is 10.6 Å². The Hall–Kier alpha value is -2.77. The van der Waals surface area contributed by atoms with Crippen molar-refractivity contribution in [2.45, 2.75) is 18.8 Å². The summed E-state index contributed by atoms with van der Waals surface area (Å²) < 4.78 is 51.5. The maximum Gasteiger partial charge on any atom is 0.416 e. The molecule has 1 saturated heterocycles. The fourth-order valence-electron chi connectivity index (χ4n) is 2.72. The van der Waals surface area contributed by atoms with Gasteiger partial charge in [0, 0.05) is 11.4 Å². The largest absolute Gasteiger partial charge is 0.416 e. The van der Waals surface area contributed by atoms with Gasteiger partial charge in [-0.2, -0.15) is 13.2 Å². The van der Waals surface area contributed by atoms with Gasteiger partial charge in [-0.25, -0.2) is 9.18 Å². The van der Waals surface area contributed by atoms with Crippen LogP contribution >= 0.6 is 0 Å². The van der Waals surface area contributed by atoms with Crippen LogP contribution in [0.15, 0.2) is 48.5 Å². The third-order valence-corrected chi connectivity index (χ3v) is 3.85. The van der Waals surface area contributed by atoms with E-state index < -0.39 is 29.3 Å². The van der Waals surface area contributed by atoms with E-state index in [1.54, 1.807) is 6.92 Å². The highest BCUT2D eigenvalue weighted by molar-refractivity contribution is 5.95. The van der Waals surface area contributed by atoms with E-state index in [0.717, 1.165) is 12.1 Å². The van der Waals surface area contributed by atoms with E-state index in [4.69, 9.17) is 0 Å². The molecule has 2 aromatic carbocycles. The average Bonchev–Trinajstić information content (AvgIpc) is 2.82. The van der Waals surface area contributed by atoms with Crippen molar-refractivity contribution in [3.63, 3.8) is 0 Å². The topological polar surface area (TPSA) is 44.4 Å². The minimum atomic E-state index is -4.45. The number of benzene rings is 2. The molecule has 8 heteroatoms. The SMILES string of the molecule is CC1(Nc2cccc(C(F)(F)F)c2)CN(c2ccc(F)cc2)C(=O)N1. The Kier molecular flexibility index (Phi) is 4.06. The molecule has 132 valence electrons. The van der Waals surface area contributed by atoms with Gasteiger partial charge in [-0.05, 0) is 49.4 Å². The van der Waals surface area contributed by atoms with Crippen molar-refractivity contribution in [3.05, 3.63) is 59.9 Å². The van der Waals surface area contributed by atoms with Gasteiger partial charge in [0.25, 0.3) is 0 Å². The lowest BCUT2D eigenvalue weighted by molar-refractivity contribution is -0.137. The van der Waals surface area contributed by atoms with E-state index in [1.807, 2.05) is 0 Å². The predicted molar refractivity (Wildman–Crippen MR) is 85.7 cm³/mol. The lowest BCUT2D eigenvalue weighted by atomic mass is 10.1. The molecule has 0 aliphatic carbocycles. The van der Waals surface area contributed by atoms with Crippen LogP contribution < -0.4 is 15.5 Å². The minimum absolute atomic E-state index is 0.160. The number of hydrogen-bond donors (Lipinski definition) is 2. The lowest BCUT2D eigenvalue weighted by Gasteiger charge is -2.27. The third kappa shape index (κ3) is 3.67. The molecule has 0 radical (unpaired) electrons. The molecule has 2 amide bonds. The molecule has 1 unspecified atom stereocenters. The standard InChI is InChI=1S/C17H15F4N3O/c1-16(22-13-4-2-3-11(9-13)17(19,20)21)10-24(15(25)23-16)14-7-5-12(18)6-8-14/h2-9,22H,10H2,1H3,(H,23,25). The molecule has 1 aliphatic heterocycles. The highest BCUT2D eigenvalue weighted by Gasteiger charge is 2.40. The second kappa shape index (κ2) is 5.94. The average molecular weight is 353 g/mol. The molecule has 25 heavy (non-hydrogen) atoms. The smallest absolute Gasteiger partial charge is 0.361 e. The molecule has 3 rings (SSSR count). The number of alkyl halides is 3. The molecule has 2 aromatic rings. The lowest BCUT2D eigenvalue weighted by Crippen LogP contribution is -2.47. The molecular formula is C17H15F4N3O. The molecule has 0 spiro atoms.